The number of nitrogens with zero attached hydrogens (tertiary/aromatic N) is 3. The molecule has 0 radical (unpaired) electrons. The molecule has 2 saturated heterocycles. The number of Topliss-reactive ketones (excluding diaryl/α,β-unsaturated/α-hetero) is 1. The summed E-state index contributed by atoms with van der Waals surface area (Å²) in [6.07, 6.45) is 12.6. The van der Waals surface area contributed by atoms with Crippen molar-refractivity contribution in [1.29, 1.82) is 0 Å². The molecule has 4 aliphatic rings. The van der Waals surface area contributed by atoms with Crippen molar-refractivity contribution in [2.75, 3.05) is 39.8 Å². The van der Waals surface area contributed by atoms with Crippen LogP contribution < -0.4 is 20.5 Å². The zero-order valence-electron chi connectivity index (χ0n) is 36.1. The fourth-order valence-electron chi connectivity index (χ4n) is 10.8. The smallest absolute Gasteiger partial charge is 0.415 e. The van der Waals surface area contributed by atoms with Crippen molar-refractivity contribution in [1.82, 2.24) is 20.0 Å². The van der Waals surface area contributed by atoms with Gasteiger partial charge in [0.1, 0.15) is 17.5 Å². The number of fused-ring (bicyclic) bond motifs is 1. The molecule has 61 heavy (non-hydrogen) atoms. The molecule has 0 aromatic heterocycles. The largest absolute Gasteiger partial charge is 0.496 e. The fourth-order valence-corrected chi connectivity index (χ4v) is 10.8. The van der Waals surface area contributed by atoms with Crippen molar-refractivity contribution in [3.63, 3.8) is 0 Å². The van der Waals surface area contributed by atoms with Crippen LogP contribution in [0.3, 0.4) is 0 Å². The number of carbonyl (C=O) groups is 3. The Labute approximate surface area is 362 Å². The van der Waals surface area contributed by atoms with Crippen LogP contribution in [-0.4, -0.2) is 90.4 Å². The number of hydrogen-bond donors (Lipinski definition) is 2. The highest BCUT2D eigenvalue weighted by Crippen LogP contribution is 2.44. The molecular weight excluding hydrogens is 763 g/mol. The fraction of sp³-hybridized carbons (Fsp3) is 0.510. The molecule has 0 unspecified atom stereocenters. The van der Waals surface area contributed by atoms with Crippen LogP contribution in [0, 0.1) is 11.3 Å². The second kappa shape index (κ2) is 20.0. The van der Waals surface area contributed by atoms with Gasteiger partial charge >= 0.3 is 6.09 Å². The van der Waals surface area contributed by atoms with E-state index < -0.39 is 12.1 Å². The van der Waals surface area contributed by atoms with Gasteiger partial charge in [-0.2, -0.15) is 0 Å². The summed E-state index contributed by atoms with van der Waals surface area (Å²) in [5.74, 6) is 1.59. The molecule has 2 amide bonds. The van der Waals surface area contributed by atoms with E-state index in [4.69, 9.17) is 15.2 Å². The van der Waals surface area contributed by atoms with E-state index in [1.807, 2.05) is 59.5 Å². The molecule has 4 fully saturated rings. The van der Waals surface area contributed by atoms with E-state index >= 15 is 4.79 Å². The SMILES string of the molecule is COc1cc(CCC(=O)[C@@H]2CN(C(=O)Oc3cccc4ccccc34)CCN2C(=O)[C@@H](CC2CCCCC2)NC2CCC3(CC2)CCN(Cc2ccccc2)C3)ccc1CN. The first-order chi connectivity index (χ1) is 29.8. The Balaban J connectivity index is 0.980. The van der Waals surface area contributed by atoms with E-state index in [0.717, 1.165) is 86.5 Å². The maximum absolute atomic E-state index is 15.1. The monoisotopic (exact) mass is 827 g/mol. The molecular formula is C51H65N5O5. The number of piperazine rings is 1. The number of carbonyl (C=O) groups excluding carboxylic acids is 3. The highest BCUT2D eigenvalue weighted by molar-refractivity contribution is 5.93. The summed E-state index contributed by atoms with van der Waals surface area (Å²) in [4.78, 5) is 49.6. The maximum atomic E-state index is 15.1. The lowest BCUT2D eigenvalue weighted by Gasteiger charge is -2.43. The van der Waals surface area contributed by atoms with Gasteiger partial charge in [0.05, 0.1) is 19.7 Å². The predicted octanol–water partition coefficient (Wildman–Crippen LogP) is 8.28. The third kappa shape index (κ3) is 10.5. The van der Waals surface area contributed by atoms with Crippen molar-refractivity contribution in [3.05, 3.63) is 108 Å². The van der Waals surface area contributed by atoms with Gasteiger partial charge in [0, 0.05) is 56.1 Å². The molecule has 3 N–H and O–H groups in total. The summed E-state index contributed by atoms with van der Waals surface area (Å²) < 4.78 is 11.6. The van der Waals surface area contributed by atoms with Crippen LogP contribution in [0.15, 0.2) is 91.0 Å². The van der Waals surface area contributed by atoms with Crippen molar-refractivity contribution in [2.45, 2.75) is 115 Å². The number of nitrogens with two attached hydrogens (primary N) is 1. The quantitative estimate of drug-likeness (QED) is 0.131. The summed E-state index contributed by atoms with van der Waals surface area (Å²) in [5.41, 5.74) is 9.51. The first-order valence-electron chi connectivity index (χ1n) is 23.0. The van der Waals surface area contributed by atoms with E-state index in [1.165, 1.54) is 31.2 Å². The zero-order chi connectivity index (χ0) is 42.2. The Morgan fingerprint density at radius 3 is 2.38 bits per heavy atom. The van der Waals surface area contributed by atoms with Crippen molar-refractivity contribution < 1.29 is 23.9 Å². The Kier molecular flexibility index (Phi) is 14.0. The molecule has 2 aliphatic carbocycles. The lowest BCUT2D eigenvalue weighted by molar-refractivity contribution is -0.145. The zero-order valence-corrected chi connectivity index (χ0v) is 36.1. The first kappa shape index (κ1) is 42.9. The molecule has 8 rings (SSSR count). The number of aryl methyl sites for hydroxylation is 1. The number of ketones is 1. The molecule has 0 bridgehead atoms. The number of amides is 2. The minimum atomic E-state index is -0.786. The minimum absolute atomic E-state index is 0.00449. The van der Waals surface area contributed by atoms with Crippen molar-refractivity contribution in [3.8, 4) is 11.5 Å². The van der Waals surface area contributed by atoms with Gasteiger partial charge in [-0.1, -0.05) is 111 Å². The normalized spacial score (nSPS) is 23.0. The number of benzene rings is 4. The van der Waals surface area contributed by atoms with Crippen LogP contribution in [0.4, 0.5) is 4.79 Å². The van der Waals surface area contributed by atoms with E-state index in [0.29, 0.717) is 42.3 Å². The maximum Gasteiger partial charge on any atom is 0.415 e. The van der Waals surface area contributed by atoms with Crippen molar-refractivity contribution >= 4 is 28.6 Å². The molecule has 2 aliphatic heterocycles. The molecule has 10 heteroatoms. The molecule has 4 aromatic carbocycles. The van der Waals surface area contributed by atoms with E-state index in [9.17, 15) is 9.59 Å². The highest BCUT2D eigenvalue weighted by Gasteiger charge is 2.44. The Bertz CT molecular complexity index is 2110. The van der Waals surface area contributed by atoms with E-state index in [2.05, 4.69) is 40.5 Å². The number of ether oxygens (including phenoxy) is 2. The van der Waals surface area contributed by atoms with Crippen LogP contribution in [0.5, 0.6) is 11.5 Å². The summed E-state index contributed by atoms with van der Waals surface area (Å²) >= 11 is 0. The van der Waals surface area contributed by atoms with E-state index in [-0.39, 0.29) is 43.3 Å². The molecule has 1 spiro atoms. The summed E-state index contributed by atoms with van der Waals surface area (Å²) in [7, 11) is 1.62. The number of nitrogens with one attached hydrogen (secondary N) is 1. The Morgan fingerprint density at radius 2 is 1.59 bits per heavy atom. The van der Waals surface area contributed by atoms with Gasteiger partial charge in [0.15, 0.2) is 5.78 Å². The van der Waals surface area contributed by atoms with Gasteiger partial charge in [-0.25, -0.2) is 4.79 Å². The first-order valence-corrected chi connectivity index (χ1v) is 23.0. The predicted molar refractivity (Wildman–Crippen MR) is 240 cm³/mol. The molecule has 2 heterocycles. The molecule has 4 aromatic rings. The Morgan fingerprint density at radius 1 is 0.820 bits per heavy atom. The van der Waals surface area contributed by atoms with Crippen LogP contribution in [0.25, 0.3) is 10.8 Å². The topological polar surface area (TPSA) is 117 Å². The number of hydrogen-bond acceptors (Lipinski definition) is 8. The van der Waals surface area contributed by atoms with Gasteiger partial charge in [0.2, 0.25) is 5.91 Å². The number of likely N-dealkylation sites (tertiary alicyclic amines) is 1. The van der Waals surface area contributed by atoms with Crippen LogP contribution in [0.2, 0.25) is 0 Å². The third-order valence-electron chi connectivity index (χ3n) is 14.3. The van der Waals surface area contributed by atoms with Gasteiger partial charge in [-0.05, 0) is 91.5 Å². The van der Waals surface area contributed by atoms with Crippen molar-refractivity contribution in [2.24, 2.45) is 17.1 Å². The number of methoxy groups -OCH3 is 1. The molecule has 324 valence electrons. The summed E-state index contributed by atoms with van der Waals surface area (Å²) in [6, 6.07) is 29.2. The summed E-state index contributed by atoms with van der Waals surface area (Å²) in [5, 5.41) is 5.76. The lowest BCUT2D eigenvalue weighted by Crippen LogP contribution is -2.63. The van der Waals surface area contributed by atoms with E-state index in [1.54, 1.807) is 18.1 Å². The molecule has 2 saturated carbocycles. The van der Waals surface area contributed by atoms with Crippen LogP contribution in [-0.2, 0) is 29.1 Å². The molecule has 2 atom stereocenters. The second-order valence-corrected chi connectivity index (χ2v) is 18.3. The average Bonchev–Trinajstić information content (AvgIpc) is 3.69. The third-order valence-corrected chi connectivity index (χ3v) is 14.3. The Hall–Kier alpha value is -4.77. The van der Waals surface area contributed by atoms with Crippen LogP contribution >= 0.6 is 0 Å². The van der Waals surface area contributed by atoms with Crippen LogP contribution in [0.1, 0.15) is 93.7 Å². The average molecular weight is 828 g/mol. The van der Waals surface area contributed by atoms with Gasteiger partial charge < -0.3 is 30.3 Å². The van der Waals surface area contributed by atoms with Gasteiger partial charge in [-0.15, -0.1) is 0 Å². The lowest BCUT2D eigenvalue weighted by atomic mass is 9.71. The highest BCUT2D eigenvalue weighted by atomic mass is 16.6. The van der Waals surface area contributed by atoms with Gasteiger partial charge in [0.25, 0.3) is 0 Å². The summed E-state index contributed by atoms with van der Waals surface area (Å²) in [6.45, 7) is 4.29. The molecule has 10 nitrogen and oxygen atoms in total. The second-order valence-electron chi connectivity index (χ2n) is 18.3. The van der Waals surface area contributed by atoms with Gasteiger partial charge in [-0.3, -0.25) is 14.5 Å². The number of rotatable bonds is 14. The minimum Gasteiger partial charge on any atom is -0.496 e. The standard InChI is InChI=1S/C51H65N5O5/c1-60-48-32-38(19-21-41(48)33-52)20-22-46(57)45-35-55(50(59)61-47-18-10-16-40-15-8-9-17-43(40)47)29-30-56(45)49(58)44(31-37-11-4-2-5-12-37)53-42-23-25-51(26-24-42)27-28-54(36-51)34-39-13-6-3-7-14-39/h3,6-10,13-19,21,32,37,42,44-45,53H,2,4-5,11-12,20,22-31,33-36,52H2,1H3/t42?,44-,45+,51?/m1/s1.